The van der Waals surface area contributed by atoms with Crippen LogP contribution in [0.25, 0.3) is 0 Å². The summed E-state index contributed by atoms with van der Waals surface area (Å²) in [6.45, 7) is 1.83. The fraction of sp³-hybridized carbons (Fsp3) is 0.588. The molecule has 1 aromatic rings. The Morgan fingerprint density at radius 2 is 2.24 bits per heavy atom. The van der Waals surface area contributed by atoms with Gasteiger partial charge in [0, 0.05) is 26.2 Å². The van der Waals surface area contributed by atoms with Gasteiger partial charge in [0.05, 0.1) is 11.7 Å². The van der Waals surface area contributed by atoms with E-state index in [-0.39, 0.29) is 0 Å². The van der Waals surface area contributed by atoms with Crippen molar-refractivity contribution in [1.29, 1.82) is 0 Å². The van der Waals surface area contributed by atoms with Crippen molar-refractivity contribution < 1.29 is 14.6 Å². The van der Waals surface area contributed by atoms with Crippen LogP contribution in [0.15, 0.2) is 18.2 Å². The lowest BCUT2D eigenvalue weighted by Gasteiger charge is -2.40. The third-order valence-corrected chi connectivity index (χ3v) is 4.97. The van der Waals surface area contributed by atoms with Gasteiger partial charge in [-0.3, -0.25) is 4.90 Å². The van der Waals surface area contributed by atoms with E-state index in [0.717, 1.165) is 31.5 Å². The normalized spacial score (nSPS) is 26.3. The molecule has 0 bridgehead atoms. The van der Waals surface area contributed by atoms with Gasteiger partial charge in [0.15, 0.2) is 0 Å². The van der Waals surface area contributed by atoms with Crippen LogP contribution in [0.5, 0.6) is 0 Å². The Kier molecular flexibility index (Phi) is 4.27. The van der Waals surface area contributed by atoms with Crippen molar-refractivity contribution in [3.63, 3.8) is 0 Å². The van der Waals surface area contributed by atoms with Gasteiger partial charge >= 0.3 is 5.97 Å². The molecule has 2 unspecified atom stereocenters. The largest absolute Gasteiger partial charge is 0.478 e. The van der Waals surface area contributed by atoms with Crippen molar-refractivity contribution in [2.45, 2.75) is 50.8 Å². The zero-order valence-corrected chi connectivity index (χ0v) is 12.5. The summed E-state index contributed by atoms with van der Waals surface area (Å²) in [5, 5.41) is 9.29. The minimum atomic E-state index is -0.808. The minimum absolute atomic E-state index is 0.385. The van der Waals surface area contributed by atoms with Crippen LogP contribution in [0, 0.1) is 0 Å². The van der Waals surface area contributed by atoms with Gasteiger partial charge in [-0.15, -0.1) is 0 Å². The van der Waals surface area contributed by atoms with Gasteiger partial charge in [0.2, 0.25) is 0 Å². The van der Waals surface area contributed by atoms with E-state index in [9.17, 15) is 9.90 Å². The molecule has 1 fully saturated rings. The molecule has 2 aliphatic rings. The summed E-state index contributed by atoms with van der Waals surface area (Å²) in [5.41, 5.74) is 2.69. The molecule has 0 saturated heterocycles. The van der Waals surface area contributed by atoms with E-state index < -0.39 is 5.97 Å². The Morgan fingerprint density at radius 3 is 3.00 bits per heavy atom. The number of ether oxygens (including phenoxy) is 1. The first-order valence-electron chi connectivity index (χ1n) is 7.80. The van der Waals surface area contributed by atoms with Crippen molar-refractivity contribution in [2.75, 3.05) is 13.7 Å². The number of carboxylic acids is 1. The summed E-state index contributed by atoms with van der Waals surface area (Å²) in [7, 11) is 1.80. The van der Waals surface area contributed by atoms with E-state index in [1.54, 1.807) is 13.2 Å². The number of carbonyl (C=O) groups is 1. The number of nitrogens with zero attached hydrogens (tertiary/aromatic N) is 1. The summed E-state index contributed by atoms with van der Waals surface area (Å²) in [6.07, 6.45) is 5.95. The zero-order valence-electron chi connectivity index (χ0n) is 12.5. The standard InChI is InChI=1S/C17H23NO3/c1-21-14-6-3-5-13(10-14)18-9-8-15-12(11-18)4-2-7-16(15)17(19)20/h2,4,7,13-14H,3,5-6,8-11H2,1H3,(H,19,20). The van der Waals surface area contributed by atoms with Crippen molar-refractivity contribution in [2.24, 2.45) is 0 Å². The molecule has 4 nitrogen and oxygen atoms in total. The summed E-state index contributed by atoms with van der Waals surface area (Å²) >= 11 is 0. The van der Waals surface area contributed by atoms with Gasteiger partial charge in [-0.2, -0.15) is 0 Å². The molecule has 0 aromatic heterocycles. The summed E-state index contributed by atoms with van der Waals surface area (Å²) < 4.78 is 5.53. The van der Waals surface area contributed by atoms with Crippen LogP contribution < -0.4 is 0 Å². The van der Waals surface area contributed by atoms with Gasteiger partial charge in [0.25, 0.3) is 0 Å². The van der Waals surface area contributed by atoms with E-state index >= 15 is 0 Å². The molecule has 21 heavy (non-hydrogen) atoms. The minimum Gasteiger partial charge on any atom is -0.478 e. The number of carboxylic acid groups (broad SMARTS) is 1. The Morgan fingerprint density at radius 1 is 1.38 bits per heavy atom. The highest BCUT2D eigenvalue weighted by Crippen LogP contribution is 2.30. The van der Waals surface area contributed by atoms with E-state index in [1.807, 2.05) is 6.07 Å². The van der Waals surface area contributed by atoms with E-state index in [2.05, 4.69) is 11.0 Å². The topological polar surface area (TPSA) is 49.8 Å². The molecular formula is C17H23NO3. The fourth-order valence-electron chi connectivity index (χ4n) is 3.81. The second-order valence-corrected chi connectivity index (χ2v) is 6.15. The lowest BCUT2D eigenvalue weighted by molar-refractivity contribution is 0.0239. The molecule has 0 amide bonds. The van der Waals surface area contributed by atoms with Gasteiger partial charge in [-0.05, 0) is 49.3 Å². The number of aromatic carboxylic acids is 1. The van der Waals surface area contributed by atoms with E-state index in [4.69, 9.17) is 4.74 Å². The first-order valence-corrected chi connectivity index (χ1v) is 7.80. The monoisotopic (exact) mass is 289 g/mol. The smallest absolute Gasteiger partial charge is 0.335 e. The van der Waals surface area contributed by atoms with Crippen LogP contribution >= 0.6 is 0 Å². The number of fused-ring (bicyclic) bond motifs is 1. The van der Waals surface area contributed by atoms with Crippen LogP contribution in [0.3, 0.4) is 0 Å². The predicted octanol–water partition coefficient (Wildman–Crippen LogP) is 2.70. The molecule has 0 spiro atoms. The molecular weight excluding hydrogens is 266 g/mol. The average Bonchev–Trinajstić information content (AvgIpc) is 2.53. The number of benzene rings is 1. The Balaban J connectivity index is 1.75. The number of hydrogen-bond donors (Lipinski definition) is 1. The third-order valence-electron chi connectivity index (χ3n) is 4.97. The van der Waals surface area contributed by atoms with Crippen molar-refractivity contribution in [3.8, 4) is 0 Å². The molecule has 1 N–H and O–H groups in total. The van der Waals surface area contributed by atoms with Crippen LogP contribution in [0.1, 0.15) is 47.2 Å². The summed E-state index contributed by atoms with van der Waals surface area (Å²) in [6, 6.07) is 6.23. The molecule has 3 rings (SSSR count). The zero-order chi connectivity index (χ0) is 14.8. The van der Waals surface area contributed by atoms with E-state index in [0.29, 0.717) is 17.7 Å². The van der Waals surface area contributed by atoms with Gasteiger partial charge < -0.3 is 9.84 Å². The highest BCUT2D eigenvalue weighted by atomic mass is 16.5. The third kappa shape index (κ3) is 2.97. The second-order valence-electron chi connectivity index (χ2n) is 6.15. The molecule has 1 aliphatic carbocycles. The molecule has 4 heteroatoms. The lowest BCUT2D eigenvalue weighted by Crippen LogP contribution is -2.43. The Hall–Kier alpha value is -1.39. The van der Waals surface area contributed by atoms with Crippen LogP contribution in [-0.2, 0) is 17.7 Å². The molecule has 114 valence electrons. The van der Waals surface area contributed by atoms with Gasteiger partial charge in [-0.25, -0.2) is 4.79 Å². The molecule has 0 radical (unpaired) electrons. The Bertz CT molecular complexity index is 529. The summed E-state index contributed by atoms with van der Waals surface area (Å²) in [4.78, 5) is 13.8. The molecule has 1 aromatic carbocycles. The Labute approximate surface area is 125 Å². The molecule has 1 aliphatic heterocycles. The number of hydrogen-bond acceptors (Lipinski definition) is 3. The SMILES string of the molecule is COC1CCCC(N2CCc3c(cccc3C(=O)O)C2)C1. The maximum atomic E-state index is 11.3. The number of methoxy groups -OCH3 is 1. The van der Waals surface area contributed by atoms with Crippen LogP contribution in [0.2, 0.25) is 0 Å². The second kappa shape index (κ2) is 6.16. The maximum Gasteiger partial charge on any atom is 0.335 e. The highest BCUT2D eigenvalue weighted by molar-refractivity contribution is 5.89. The maximum absolute atomic E-state index is 11.3. The van der Waals surface area contributed by atoms with Gasteiger partial charge in [-0.1, -0.05) is 12.1 Å². The lowest BCUT2D eigenvalue weighted by atomic mass is 9.88. The highest BCUT2D eigenvalue weighted by Gasteiger charge is 2.30. The van der Waals surface area contributed by atoms with Crippen LogP contribution in [0.4, 0.5) is 0 Å². The first kappa shape index (κ1) is 14.5. The first-order chi connectivity index (χ1) is 10.2. The fourth-order valence-corrected chi connectivity index (χ4v) is 3.81. The van der Waals surface area contributed by atoms with Gasteiger partial charge in [0.1, 0.15) is 0 Å². The van der Waals surface area contributed by atoms with Crippen LogP contribution in [-0.4, -0.2) is 41.8 Å². The van der Waals surface area contributed by atoms with Crippen molar-refractivity contribution in [3.05, 3.63) is 34.9 Å². The molecule has 1 heterocycles. The molecule has 1 saturated carbocycles. The predicted molar refractivity (Wildman–Crippen MR) is 80.6 cm³/mol. The quantitative estimate of drug-likeness (QED) is 0.929. The van der Waals surface area contributed by atoms with E-state index in [1.165, 1.54) is 24.8 Å². The molecule has 2 atom stereocenters. The average molecular weight is 289 g/mol. The summed E-state index contributed by atoms with van der Waals surface area (Å²) in [5.74, 6) is -0.808. The van der Waals surface area contributed by atoms with Crippen molar-refractivity contribution >= 4 is 5.97 Å². The van der Waals surface area contributed by atoms with Crippen molar-refractivity contribution in [1.82, 2.24) is 4.90 Å². The number of rotatable bonds is 3.